The number of pyridine rings is 6. The topological polar surface area (TPSA) is 149 Å². The number of aromatic nitrogens is 14. The number of benzene rings is 11. The van der Waals surface area contributed by atoms with Gasteiger partial charge in [0.2, 0.25) is 11.9 Å². The zero-order chi connectivity index (χ0) is 83.1. The van der Waals surface area contributed by atoms with Gasteiger partial charge in [-0.05, 0) is 152 Å². The summed E-state index contributed by atoms with van der Waals surface area (Å²) in [6.07, 6.45) is 21.5. The average molecular weight is 1610 g/mol. The van der Waals surface area contributed by atoms with Crippen LogP contribution in [0.1, 0.15) is 0 Å². The zero-order valence-electron chi connectivity index (χ0n) is 67.7. The predicted molar refractivity (Wildman–Crippen MR) is 507 cm³/mol. The first kappa shape index (κ1) is 72.6. The van der Waals surface area contributed by atoms with Crippen LogP contribution < -0.4 is 0 Å². The molecule has 126 heavy (non-hydrogen) atoms. The maximum absolute atomic E-state index is 5.10. The second kappa shape index (κ2) is 30.4. The first-order valence-electron chi connectivity index (χ1n) is 42.1. The van der Waals surface area contributed by atoms with Crippen LogP contribution in [0.5, 0.6) is 0 Å². The van der Waals surface area contributed by atoms with Crippen molar-refractivity contribution < 1.29 is 0 Å². The van der Waals surface area contributed by atoms with E-state index in [0.717, 1.165) is 135 Å². The van der Waals surface area contributed by atoms with Gasteiger partial charge in [0, 0.05) is 151 Å². The molecule has 0 bridgehead atoms. The molecule has 0 fully saturated rings. The Morgan fingerprint density at radius 3 is 0.810 bits per heavy atom. The van der Waals surface area contributed by atoms with Gasteiger partial charge < -0.3 is 9.13 Å². The van der Waals surface area contributed by atoms with Crippen molar-refractivity contribution in [3.63, 3.8) is 0 Å². The van der Waals surface area contributed by atoms with Gasteiger partial charge in [-0.25, -0.2) is 29.9 Å². The van der Waals surface area contributed by atoms with Gasteiger partial charge >= 0.3 is 0 Å². The van der Waals surface area contributed by atoms with E-state index in [-0.39, 0.29) is 0 Å². The quantitative estimate of drug-likeness (QED) is 0.151. The van der Waals surface area contributed by atoms with E-state index in [1.165, 1.54) is 88.5 Å². The third-order valence-electron chi connectivity index (χ3n) is 24.4. The fraction of sp³-hybridized carbons (Fsp3) is 0. The lowest BCUT2D eigenvalue weighted by atomic mass is 9.95. The molecule has 0 aliphatic heterocycles. The molecule has 0 saturated heterocycles. The van der Waals surface area contributed by atoms with Gasteiger partial charge in [-0.15, -0.1) is 0 Å². The molecule has 0 atom stereocenters. The molecule has 12 heterocycles. The highest BCUT2D eigenvalue weighted by atomic mass is 15.2. The summed E-state index contributed by atoms with van der Waals surface area (Å²) in [6.45, 7) is 0. The highest BCUT2D eigenvalue weighted by Crippen LogP contribution is 2.53. The molecule has 588 valence electrons. The Balaban J connectivity index is 0.0000000950. The first-order chi connectivity index (χ1) is 62.6. The van der Waals surface area contributed by atoms with Crippen LogP contribution in [0.25, 0.3) is 235 Å². The lowest BCUT2D eigenvalue weighted by Crippen LogP contribution is -2.03. The van der Waals surface area contributed by atoms with E-state index >= 15 is 0 Å². The smallest absolute Gasteiger partial charge is 0.235 e. The molecule has 27 rings (SSSR count). The molecule has 0 unspecified atom stereocenters. The van der Waals surface area contributed by atoms with Crippen LogP contribution in [0, 0.1) is 0 Å². The minimum atomic E-state index is 0.634. The monoisotopic (exact) mass is 1610 g/mol. The Morgan fingerprint density at radius 1 is 0.159 bits per heavy atom. The summed E-state index contributed by atoms with van der Waals surface area (Å²) in [5.41, 5.74) is 38.1. The summed E-state index contributed by atoms with van der Waals surface area (Å²) in [5.74, 6) is 3.11. The summed E-state index contributed by atoms with van der Waals surface area (Å²) in [5, 5.41) is 4.80. The molecule has 0 N–H and O–H groups in total. The van der Waals surface area contributed by atoms with Gasteiger partial charge in [0.05, 0.1) is 61.9 Å². The van der Waals surface area contributed by atoms with Gasteiger partial charge in [0.25, 0.3) is 0 Å². The van der Waals surface area contributed by atoms with Crippen LogP contribution in [0.15, 0.2) is 426 Å². The normalized spacial score (nSPS) is 11.7. The van der Waals surface area contributed by atoms with E-state index < -0.39 is 0 Å². The largest absolute Gasteiger partial charge is 0.301 e. The number of fused-ring (bicyclic) bond motifs is 20. The van der Waals surface area contributed by atoms with Crippen LogP contribution in [-0.2, 0) is 0 Å². The van der Waals surface area contributed by atoms with Crippen molar-refractivity contribution in [1.29, 1.82) is 0 Å². The molecule has 23 aromatic rings. The molecule has 12 aromatic heterocycles. The van der Waals surface area contributed by atoms with E-state index in [4.69, 9.17) is 34.9 Å². The van der Waals surface area contributed by atoms with Crippen LogP contribution in [0.3, 0.4) is 0 Å². The van der Waals surface area contributed by atoms with Crippen molar-refractivity contribution in [3.05, 3.63) is 426 Å². The molecule has 0 radical (unpaired) electrons. The van der Waals surface area contributed by atoms with Gasteiger partial charge in [0.1, 0.15) is 11.6 Å². The molecule has 0 spiro atoms. The third kappa shape index (κ3) is 12.2. The summed E-state index contributed by atoms with van der Waals surface area (Å²) in [6, 6.07) is 124. The lowest BCUT2D eigenvalue weighted by molar-refractivity contribution is 0.962. The molecule has 0 amide bonds. The van der Waals surface area contributed by atoms with Gasteiger partial charge in [-0.2, -0.15) is 0 Å². The molecule has 4 aliphatic carbocycles. The SMILES string of the molecule is c1ccc(-c2cc(-c3ccccc3)nc(-n3cc4c5c(cccc53)-c3ccccc3-c3cccnc3-4)n2)cc1.c1ccc(-c2cccc(-n3cc4c5c(cccc53)-c3ccccc3-c3cccnc3-4)n2)cc1.c1ccc(-n2cc3c4c(cccc42)-c2ccccc2-c2cccnc2-3)nc1.c1cnc(-n2cc3c4c(cccc42)-c2ccccc2-c2cccnc2-3)nc1. The summed E-state index contributed by atoms with van der Waals surface area (Å²) in [7, 11) is 0. The predicted octanol–water partition coefficient (Wildman–Crippen LogP) is 26.7. The Labute approximate surface area is 724 Å². The van der Waals surface area contributed by atoms with Gasteiger partial charge in [0.15, 0.2) is 0 Å². The van der Waals surface area contributed by atoms with Crippen LogP contribution in [-0.4, -0.2) is 68.1 Å². The van der Waals surface area contributed by atoms with E-state index in [0.29, 0.717) is 11.9 Å². The zero-order valence-corrected chi connectivity index (χ0v) is 67.7. The average Bonchev–Trinajstić information content (AvgIpc) is 1.60. The number of rotatable bonds is 7. The number of hydrogen-bond acceptors (Lipinski definition) is 10. The molecule has 4 aliphatic rings. The minimum Gasteiger partial charge on any atom is -0.301 e. The van der Waals surface area contributed by atoms with Crippen molar-refractivity contribution in [2.24, 2.45) is 0 Å². The molecule has 11 aromatic carbocycles. The molecular weight excluding hydrogens is 1540 g/mol. The summed E-state index contributed by atoms with van der Waals surface area (Å²) in [4.78, 5) is 48.0. The Hall–Kier alpha value is -17.4. The number of nitrogens with zero attached hydrogens (tertiary/aromatic N) is 14. The second-order valence-corrected chi connectivity index (χ2v) is 31.4. The second-order valence-electron chi connectivity index (χ2n) is 31.4. The Kier molecular flexibility index (Phi) is 17.5. The standard InChI is InChI=1S/C35H22N4.C30H19N3.C24H15N3.C23H14N4/c1-3-11-23(12-4-1)30-21-31(24-13-5-2-6-14-24)38-35(37-30)39-22-29-33-27(17-9-19-32(33)39)25-15-7-8-16-26(25)28-18-10-20-36-34(28)29;1-2-9-20(10-3-1)26-15-7-17-28(32-26)33-19-25-29-23(13-6-16-27(29)33)21-11-4-5-12-22(21)24-14-8-18-31-30(24)25;1-2-8-17-16(7-1)18-9-5-11-21-23(18)20(24-19(17)10-6-14-26-24)15-27(21)22-12-3-4-13-25-22;1-2-7-16-15(6-1)17-8-3-10-20-21(17)19(22-18(16)9-4-11-24-22)14-27(20)23-25-12-5-13-26-23/h1-22H;1-19H;1-15H;1-14H. The van der Waals surface area contributed by atoms with Crippen LogP contribution >= 0.6 is 0 Å². The van der Waals surface area contributed by atoms with Crippen molar-refractivity contribution in [2.45, 2.75) is 0 Å². The van der Waals surface area contributed by atoms with E-state index in [1.807, 2.05) is 134 Å². The maximum Gasteiger partial charge on any atom is 0.235 e. The molecule has 14 heteroatoms. The van der Waals surface area contributed by atoms with Crippen molar-refractivity contribution in [1.82, 2.24) is 68.1 Å². The van der Waals surface area contributed by atoms with E-state index in [2.05, 4.69) is 313 Å². The molecule has 0 saturated carbocycles. The van der Waals surface area contributed by atoms with E-state index in [9.17, 15) is 0 Å². The lowest BCUT2D eigenvalue weighted by Gasteiger charge is -2.12. The highest BCUT2D eigenvalue weighted by Gasteiger charge is 2.31. The molecular formula is C112H70N14. The Bertz CT molecular complexity index is 7950. The number of hydrogen-bond donors (Lipinski definition) is 0. The fourth-order valence-corrected chi connectivity index (χ4v) is 18.9. The van der Waals surface area contributed by atoms with Crippen molar-refractivity contribution in [3.8, 4) is 191 Å². The van der Waals surface area contributed by atoms with Crippen molar-refractivity contribution in [2.75, 3.05) is 0 Å². The van der Waals surface area contributed by atoms with E-state index in [1.54, 1.807) is 12.4 Å². The van der Waals surface area contributed by atoms with Crippen LogP contribution in [0.4, 0.5) is 0 Å². The van der Waals surface area contributed by atoms with Gasteiger partial charge in [-0.1, -0.05) is 273 Å². The van der Waals surface area contributed by atoms with Crippen LogP contribution in [0.2, 0.25) is 0 Å². The fourth-order valence-electron chi connectivity index (χ4n) is 18.9. The minimum absolute atomic E-state index is 0.634. The first-order valence-corrected chi connectivity index (χ1v) is 42.1. The summed E-state index contributed by atoms with van der Waals surface area (Å²) >= 11 is 0. The maximum atomic E-state index is 5.10. The van der Waals surface area contributed by atoms with Gasteiger partial charge in [-0.3, -0.25) is 29.1 Å². The molecule has 14 nitrogen and oxygen atoms in total. The highest BCUT2D eigenvalue weighted by molar-refractivity contribution is 6.17. The summed E-state index contributed by atoms with van der Waals surface area (Å²) < 4.78 is 8.55. The third-order valence-corrected chi connectivity index (χ3v) is 24.4. The van der Waals surface area contributed by atoms with Crippen molar-refractivity contribution >= 4 is 43.6 Å². The Morgan fingerprint density at radius 2 is 0.437 bits per heavy atom.